The first kappa shape index (κ1) is 15.1. The zero-order valence-corrected chi connectivity index (χ0v) is 11.3. The number of hydrogen-bond donors (Lipinski definition) is 1. The van der Waals surface area contributed by atoms with Gasteiger partial charge < -0.3 is 5.73 Å². The minimum Gasteiger partial charge on any atom is -0.323 e. The van der Waals surface area contributed by atoms with E-state index >= 15 is 0 Å². The van der Waals surface area contributed by atoms with Gasteiger partial charge in [0.25, 0.3) is 0 Å². The van der Waals surface area contributed by atoms with Gasteiger partial charge in [-0.25, -0.2) is 8.78 Å². The van der Waals surface area contributed by atoms with E-state index in [1.165, 1.54) is 6.07 Å². The Morgan fingerprint density at radius 3 is 2.39 bits per heavy atom. The van der Waals surface area contributed by atoms with Gasteiger partial charge in [0.05, 0.1) is 0 Å². The van der Waals surface area contributed by atoms with Gasteiger partial charge >= 0.3 is 0 Å². The van der Waals surface area contributed by atoms with Crippen LogP contribution in [0.15, 0.2) is 18.2 Å². The molecule has 0 amide bonds. The molecule has 0 saturated carbocycles. The molecule has 0 heterocycles. The first-order valence-electron chi connectivity index (χ1n) is 6.40. The Hall–Kier alpha value is -1.00. The van der Waals surface area contributed by atoms with Gasteiger partial charge in [-0.05, 0) is 44.5 Å². The Labute approximate surface area is 108 Å². The Morgan fingerprint density at radius 1 is 1.22 bits per heavy atom. The summed E-state index contributed by atoms with van der Waals surface area (Å²) in [5, 5.41) is 0. The summed E-state index contributed by atoms with van der Waals surface area (Å²) in [5.41, 5.74) is 6.69. The summed E-state index contributed by atoms with van der Waals surface area (Å²) >= 11 is 0. The summed E-state index contributed by atoms with van der Waals surface area (Å²) in [6, 6.07) is 3.96. The van der Waals surface area contributed by atoms with Crippen LogP contribution in [0.5, 0.6) is 0 Å². The Balaban J connectivity index is 2.73. The summed E-state index contributed by atoms with van der Waals surface area (Å²) < 4.78 is 26.0. The monoisotopic (exact) mass is 256 g/mol. The molecule has 1 rings (SSSR count). The minimum atomic E-state index is -0.838. The largest absolute Gasteiger partial charge is 0.323 e. The normalized spacial score (nSPS) is 13.3. The molecule has 2 N–H and O–H groups in total. The molecule has 0 bridgehead atoms. The van der Waals surface area contributed by atoms with Crippen molar-refractivity contribution < 1.29 is 8.78 Å². The molecular weight excluding hydrogens is 234 g/mol. The van der Waals surface area contributed by atoms with Crippen molar-refractivity contribution in [3.63, 3.8) is 0 Å². The fourth-order valence-corrected chi connectivity index (χ4v) is 1.95. The van der Waals surface area contributed by atoms with Crippen LogP contribution >= 0.6 is 0 Å². The summed E-state index contributed by atoms with van der Waals surface area (Å²) in [6.07, 6.45) is 1.04. The molecule has 18 heavy (non-hydrogen) atoms. The van der Waals surface area contributed by atoms with E-state index < -0.39 is 11.6 Å². The van der Waals surface area contributed by atoms with Crippen molar-refractivity contribution in [3.8, 4) is 0 Å². The van der Waals surface area contributed by atoms with Crippen LogP contribution in [-0.2, 0) is 0 Å². The summed E-state index contributed by atoms with van der Waals surface area (Å²) in [7, 11) is 0. The van der Waals surface area contributed by atoms with E-state index in [0.717, 1.165) is 19.0 Å². The average molecular weight is 256 g/mol. The lowest BCUT2D eigenvalue weighted by Gasteiger charge is -2.29. The van der Waals surface area contributed by atoms with Crippen molar-refractivity contribution in [1.29, 1.82) is 0 Å². The fourth-order valence-electron chi connectivity index (χ4n) is 1.95. The van der Waals surface area contributed by atoms with Crippen molar-refractivity contribution in [2.75, 3.05) is 13.1 Å². The van der Waals surface area contributed by atoms with Crippen LogP contribution in [0.1, 0.15) is 38.8 Å². The molecule has 4 heteroatoms. The SMILES string of the molecule is CCCN(CC(N)c1ccc(F)c(F)c1)C(C)C. The second kappa shape index (κ2) is 6.81. The molecule has 0 aliphatic carbocycles. The van der Waals surface area contributed by atoms with Crippen LogP contribution in [0.25, 0.3) is 0 Å². The average Bonchev–Trinajstić information content (AvgIpc) is 2.31. The highest BCUT2D eigenvalue weighted by molar-refractivity contribution is 5.21. The van der Waals surface area contributed by atoms with E-state index in [-0.39, 0.29) is 6.04 Å². The first-order chi connectivity index (χ1) is 8.45. The number of hydrogen-bond acceptors (Lipinski definition) is 2. The first-order valence-corrected chi connectivity index (χ1v) is 6.40. The van der Waals surface area contributed by atoms with Crippen molar-refractivity contribution in [2.24, 2.45) is 5.73 Å². The Bertz CT molecular complexity index is 380. The highest BCUT2D eigenvalue weighted by Gasteiger charge is 2.15. The predicted molar refractivity (Wildman–Crippen MR) is 70.3 cm³/mol. The molecule has 1 atom stereocenters. The van der Waals surface area contributed by atoms with E-state index in [4.69, 9.17) is 5.73 Å². The lowest BCUT2D eigenvalue weighted by atomic mass is 10.1. The maximum Gasteiger partial charge on any atom is 0.159 e. The number of nitrogens with zero attached hydrogens (tertiary/aromatic N) is 1. The predicted octanol–water partition coefficient (Wildman–Crippen LogP) is 3.09. The van der Waals surface area contributed by atoms with E-state index in [1.807, 2.05) is 0 Å². The van der Waals surface area contributed by atoms with Crippen molar-refractivity contribution in [1.82, 2.24) is 4.90 Å². The fraction of sp³-hybridized carbons (Fsp3) is 0.571. The molecule has 0 fully saturated rings. The Kier molecular flexibility index (Phi) is 5.69. The van der Waals surface area contributed by atoms with Gasteiger partial charge in [0.15, 0.2) is 11.6 Å². The Morgan fingerprint density at radius 2 is 1.89 bits per heavy atom. The number of halogens is 2. The van der Waals surface area contributed by atoms with Crippen LogP contribution in [0.4, 0.5) is 8.78 Å². The molecular formula is C14H22F2N2. The van der Waals surface area contributed by atoms with Crippen molar-refractivity contribution in [3.05, 3.63) is 35.4 Å². The molecule has 1 unspecified atom stereocenters. The lowest BCUT2D eigenvalue weighted by molar-refractivity contribution is 0.209. The zero-order valence-electron chi connectivity index (χ0n) is 11.3. The van der Waals surface area contributed by atoms with E-state index in [9.17, 15) is 8.78 Å². The van der Waals surface area contributed by atoms with Gasteiger partial charge in [-0.2, -0.15) is 0 Å². The third-order valence-electron chi connectivity index (χ3n) is 3.04. The molecule has 2 nitrogen and oxygen atoms in total. The molecule has 1 aromatic carbocycles. The number of rotatable bonds is 6. The summed E-state index contributed by atoms with van der Waals surface area (Å²) in [4.78, 5) is 2.24. The molecule has 0 aliphatic rings. The van der Waals surface area contributed by atoms with Crippen LogP contribution in [0.3, 0.4) is 0 Å². The quantitative estimate of drug-likeness (QED) is 0.847. The van der Waals surface area contributed by atoms with E-state index in [0.29, 0.717) is 18.2 Å². The summed E-state index contributed by atoms with van der Waals surface area (Å²) in [5.74, 6) is -1.67. The molecule has 0 spiro atoms. The van der Waals surface area contributed by atoms with E-state index in [2.05, 4.69) is 25.7 Å². The lowest BCUT2D eigenvalue weighted by Crippen LogP contribution is -2.37. The van der Waals surface area contributed by atoms with Gasteiger partial charge in [0.2, 0.25) is 0 Å². The second-order valence-corrected chi connectivity index (χ2v) is 4.87. The zero-order chi connectivity index (χ0) is 13.7. The van der Waals surface area contributed by atoms with Gasteiger partial charge in [-0.1, -0.05) is 13.0 Å². The van der Waals surface area contributed by atoms with Crippen LogP contribution in [-0.4, -0.2) is 24.0 Å². The third kappa shape index (κ3) is 4.03. The molecule has 0 aromatic heterocycles. The highest BCUT2D eigenvalue weighted by atomic mass is 19.2. The van der Waals surface area contributed by atoms with Crippen molar-refractivity contribution in [2.45, 2.75) is 39.3 Å². The van der Waals surface area contributed by atoms with Crippen LogP contribution in [0.2, 0.25) is 0 Å². The van der Waals surface area contributed by atoms with Gasteiger partial charge in [-0.3, -0.25) is 4.90 Å². The molecule has 0 radical (unpaired) electrons. The van der Waals surface area contributed by atoms with Crippen LogP contribution in [0, 0.1) is 11.6 Å². The molecule has 0 saturated heterocycles. The maximum atomic E-state index is 13.1. The van der Waals surface area contributed by atoms with Gasteiger partial charge in [0.1, 0.15) is 0 Å². The van der Waals surface area contributed by atoms with Gasteiger partial charge in [0, 0.05) is 18.6 Å². The van der Waals surface area contributed by atoms with E-state index in [1.54, 1.807) is 6.07 Å². The topological polar surface area (TPSA) is 29.3 Å². The minimum absolute atomic E-state index is 0.297. The standard InChI is InChI=1S/C14H22F2N2/c1-4-7-18(10(2)3)9-14(17)11-5-6-12(15)13(16)8-11/h5-6,8,10,14H,4,7,9,17H2,1-3H3. The highest BCUT2D eigenvalue weighted by Crippen LogP contribution is 2.16. The summed E-state index contributed by atoms with van der Waals surface area (Å²) in [6.45, 7) is 7.92. The van der Waals surface area contributed by atoms with Crippen LogP contribution < -0.4 is 5.73 Å². The molecule has 1 aromatic rings. The number of benzene rings is 1. The molecule has 0 aliphatic heterocycles. The second-order valence-electron chi connectivity index (χ2n) is 4.87. The third-order valence-corrected chi connectivity index (χ3v) is 3.04. The van der Waals surface area contributed by atoms with Crippen molar-refractivity contribution >= 4 is 0 Å². The smallest absolute Gasteiger partial charge is 0.159 e. The van der Waals surface area contributed by atoms with Gasteiger partial charge in [-0.15, -0.1) is 0 Å². The molecule has 102 valence electrons. The number of nitrogens with two attached hydrogens (primary N) is 1. The maximum absolute atomic E-state index is 13.1.